The molecule has 4 heterocycles. The molecule has 0 saturated carbocycles. The Morgan fingerprint density at radius 3 is 1.60 bits per heavy atom. The molecule has 1 aromatic heterocycles. The van der Waals surface area contributed by atoms with E-state index in [1.807, 2.05) is 36.4 Å². The number of benzene rings is 4. The zero-order valence-corrected chi connectivity index (χ0v) is 36.6. The molecular weight excluding hydrogens is 779 g/mol. The second kappa shape index (κ2) is 19.9. The third-order valence-electron chi connectivity index (χ3n) is 12.0. The van der Waals surface area contributed by atoms with E-state index in [1.165, 1.54) is 37.7 Å². The summed E-state index contributed by atoms with van der Waals surface area (Å²) in [6.45, 7) is 7.38. The minimum Gasteiger partial charge on any atom is -0.508 e. The van der Waals surface area contributed by atoms with Gasteiger partial charge < -0.3 is 25.0 Å². The monoisotopic (exact) mass is 835 g/mol. The molecule has 7 nitrogen and oxygen atoms in total. The number of aromatic amines is 1. The molecule has 1 atom stereocenters. The number of aromatic hydroxyl groups is 3. The number of phenols is 3. The summed E-state index contributed by atoms with van der Waals surface area (Å²) in [6.07, 6.45) is 20.5. The van der Waals surface area contributed by atoms with E-state index in [0.717, 1.165) is 109 Å². The van der Waals surface area contributed by atoms with Crippen LogP contribution in [-0.2, 0) is 0 Å². The van der Waals surface area contributed by atoms with Gasteiger partial charge in [-0.15, -0.1) is 0 Å². The molecule has 0 saturated heterocycles. The highest BCUT2D eigenvalue weighted by Gasteiger charge is 2.24. The van der Waals surface area contributed by atoms with Gasteiger partial charge >= 0.3 is 0 Å². The predicted molar refractivity (Wildman–Crippen MR) is 258 cm³/mol. The number of phenolic OH excluding ortho intramolecular Hbond substituents is 3. The van der Waals surface area contributed by atoms with Crippen molar-refractivity contribution >= 4 is 33.7 Å². The summed E-state index contributed by atoms with van der Waals surface area (Å²) in [4.78, 5) is 14.6. The van der Waals surface area contributed by atoms with Crippen LogP contribution >= 0.6 is 0 Å². The smallest absolute Gasteiger partial charge is 0.119 e. The van der Waals surface area contributed by atoms with Crippen LogP contribution in [0.5, 0.6) is 23.0 Å². The Balaban J connectivity index is 1.35. The van der Waals surface area contributed by atoms with Crippen molar-refractivity contribution in [3.8, 4) is 23.0 Å². The Kier molecular flexibility index (Phi) is 13.5. The number of unbranched alkanes of at least 4 members (excludes halogenated alkanes) is 5. The van der Waals surface area contributed by atoms with E-state index < -0.39 is 0 Å². The lowest BCUT2D eigenvalue weighted by molar-refractivity contribution is 0.304. The van der Waals surface area contributed by atoms with Crippen molar-refractivity contribution in [1.82, 2.24) is 4.98 Å². The number of hydrogen-bond acceptors (Lipinski definition) is 6. The molecule has 4 aromatic carbocycles. The maximum absolute atomic E-state index is 10.3. The molecule has 0 radical (unpaired) electrons. The fourth-order valence-electron chi connectivity index (χ4n) is 8.77. The molecule has 3 aliphatic heterocycles. The number of aliphatic imine (C=N–C) groups is 2. The average molecular weight is 836 g/mol. The lowest BCUT2D eigenvalue weighted by Gasteiger charge is -2.19. The average Bonchev–Trinajstić information content (AvgIpc) is 4.09. The summed E-state index contributed by atoms with van der Waals surface area (Å²) < 4.78 is 6.21. The number of rotatable bonds is 14. The Morgan fingerprint density at radius 2 is 1.03 bits per heavy atom. The Morgan fingerprint density at radius 1 is 0.540 bits per heavy atom. The maximum atomic E-state index is 10.3. The molecule has 0 aliphatic carbocycles. The predicted octanol–water partition coefficient (Wildman–Crippen LogP) is 11.9. The van der Waals surface area contributed by atoms with Crippen LogP contribution in [0, 0.1) is 5.92 Å². The second-order valence-corrected chi connectivity index (χ2v) is 16.7. The summed E-state index contributed by atoms with van der Waals surface area (Å²) >= 11 is 0. The molecule has 63 heavy (non-hydrogen) atoms. The van der Waals surface area contributed by atoms with Gasteiger partial charge in [0, 0.05) is 27.4 Å². The molecule has 0 spiro atoms. The standard InChI is InChI=1S/C56H57N3O4/c1-4-6-7-8-9-10-36-63-46-28-20-42(21-29-46)56-49-32-30-47(57-49)53(39-14-22-43(60)23-15-39)37(3)12-13-38(11-5-2)54(40-16-24-44(61)25-17-40)48-31-33-50(58-48)55(51-34-35-52(56)59-51)41-18-26-45(62)27-19-41/h13-35,37,59-62H,4-12,36H2,1-3H3/b38-13+,53-47+,54-48+,55-51?,56-52-. The molecule has 0 fully saturated rings. The first kappa shape index (κ1) is 42.8. The number of H-pyrrole nitrogens is 1. The van der Waals surface area contributed by atoms with Gasteiger partial charge in [-0.3, -0.25) is 0 Å². The van der Waals surface area contributed by atoms with Crippen LogP contribution in [0.2, 0.25) is 0 Å². The van der Waals surface area contributed by atoms with Gasteiger partial charge in [-0.2, -0.15) is 0 Å². The second-order valence-electron chi connectivity index (χ2n) is 16.7. The van der Waals surface area contributed by atoms with Crippen molar-refractivity contribution in [3.05, 3.63) is 189 Å². The quantitative estimate of drug-likeness (QED) is 0.0835. The molecule has 5 aromatic rings. The Labute approximate surface area is 371 Å². The first-order chi connectivity index (χ1) is 30.8. The van der Waals surface area contributed by atoms with Crippen molar-refractivity contribution < 1.29 is 20.1 Å². The number of aromatic nitrogens is 1. The van der Waals surface area contributed by atoms with Crippen LogP contribution < -0.4 is 15.4 Å². The van der Waals surface area contributed by atoms with Gasteiger partial charge in [0.15, 0.2) is 0 Å². The van der Waals surface area contributed by atoms with Crippen LogP contribution in [-0.4, -0.2) is 38.3 Å². The van der Waals surface area contributed by atoms with Gasteiger partial charge in [-0.25, -0.2) is 9.98 Å². The minimum absolute atomic E-state index is 0.0436. The van der Waals surface area contributed by atoms with Gasteiger partial charge in [-0.1, -0.05) is 114 Å². The van der Waals surface area contributed by atoms with E-state index in [4.69, 9.17) is 14.7 Å². The first-order valence-corrected chi connectivity index (χ1v) is 22.6. The van der Waals surface area contributed by atoms with E-state index in [2.05, 4.69) is 92.5 Å². The molecule has 320 valence electrons. The zero-order valence-electron chi connectivity index (χ0n) is 36.6. The van der Waals surface area contributed by atoms with Crippen LogP contribution in [0.1, 0.15) is 101 Å². The fraction of sp³-hybridized carbons (Fsp3) is 0.250. The van der Waals surface area contributed by atoms with Gasteiger partial charge in [0.05, 0.1) is 29.4 Å². The Bertz CT molecular complexity index is 2780. The molecule has 7 heteroatoms. The van der Waals surface area contributed by atoms with Crippen LogP contribution in [0.3, 0.4) is 0 Å². The molecule has 3 aliphatic rings. The van der Waals surface area contributed by atoms with Crippen molar-refractivity contribution in [2.24, 2.45) is 15.9 Å². The van der Waals surface area contributed by atoms with Crippen LogP contribution in [0.4, 0.5) is 0 Å². The number of nitrogens with zero attached hydrogens (tertiary/aromatic N) is 2. The van der Waals surface area contributed by atoms with E-state index >= 15 is 0 Å². The highest BCUT2D eigenvalue weighted by Crippen LogP contribution is 2.39. The largest absolute Gasteiger partial charge is 0.508 e. The highest BCUT2D eigenvalue weighted by molar-refractivity contribution is 6.31. The summed E-state index contributed by atoms with van der Waals surface area (Å²) in [7, 11) is 0. The summed E-state index contributed by atoms with van der Waals surface area (Å²) in [6, 6.07) is 34.6. The number of allylic oxidation sites excluding steroid dienone is 8. The van der Waals surface area contributed by atoms with E-state index in [9.17, 15) is 15.3 Å². The first-order valence-electron chi connectivity index (χ1n) is 22.6. The van der Waals surface area contributed by atoms with Gasteiger partial charge in [0.1, 0.15) is 23.0 Å². The van der Waals surface area contributed by atoms with E-state index in [-0.39, 0.29) is 23.2 Å². The normalized spacial score (nSPS) is 20.3. The zero-order chi connectivity index (χ0) is 43.7. The van der Waals surface area contributed by atoms with Crippen molar-refractivity contribution in [2.75, 3.05) is 6.61 Å². The van der Waals surface area contributed by atoms with Gasteiger partial charge in [-0.05, 0) is 144 Å². The number of fused-ring (bicyclic) bond motifs is 4. The third kappa shape index (κ3) is 9.94. The number of hydrogen-bond donors (Lipinski definition) is 4. The van der Waals surface area contributed by atoms with Crippen molar-refractivity contribution in [3.63, 3.8) is 0 Å². The fourth-order valence-corrected chi connectivity index (χ4v) is 8.77. The SMILES string of the molecule is CCCCCCCCOc1ccc(/C2=c3\ccc([nH]3)=C(c3ccc(O)cc3)C3=N/C(=C(c4ccc(O)cc4)\C(CCC)=C\CC(C)/C(c4ccc(O)cc4)=C4/C=CC2=N4)C=C3)cc1. The lowest BCUT2D eigenvalue weighted by atomic mass is 9.86. The molecule has 6 bridgehead atoms. The lowest BCUT2D eigenvalue weighted by Crippen LogP contribution is -2.21. The number of nitrogens with one attached hydrogen (secondary N) is 1. The van der Waals surface area contributed by atoms with Crippen molar-refractivity contribution in [2.45, 2.75) is 78.6 Å². The topological polar surface area (TPSA) is 110 Å². The number of ether oxygens (including phenoxy) is 1. The minimum atomic E-state index is 0.0436. The van der Waals surface area contributed by atoms with Crippen molar-refractivity contribution in [1.29, 1.82) is 0 Å². The Hall–Kier alpha value is -6.86. The molecule has 8 rings (SSSR count). The molecule has 4 N–H and O–H groups in total. The summed E-state index contributed by atoms with van der Waals surface area (Å²) in [5.74, 6) is 1.50. The third-order valence-corrected chi connectivity index (χ3v) is 12.0. The summed E-state index contributed by atoms with van der Waals surface area (Å²) in [5, 5.41) is 32.8. The maximum Gasteiger partial charge on any atom is 0.119 e. The van der Waals surface area contributed by atoms with E-state index in [1.54, 1.807) is 36.4 Å². The van der Waals surface area contributed by atoms with Crippen LogP contribution in [0.15, 0.2) is 167 Å². The molecular formula is C56H57N3O4. The highest BCUT2D eigenvalue weighted by atomic mass is 16.5. The summed E-state index contributed by atoms with van der Waals surface area (Å²) in [5.41, 5.74) is 12.3. The van der Waals surface area contributed by atoms with Gasteiger partial charge in [0.2, 0.25) is 0 Å². The van der Waals surface area contributed by atoms with Crippen LogP contribution in [0.25, 0.3) is 22.3 Å². The molecule has 1 unspecified atom stereocenters. The molecule has 0 amide bonds. The van der Waals surface area contributed by atoms with E-state index in [0.29, 0.717) is 6.61 Å². The van der Waals surface area contributed by atoms with Gasteiger partial charge in [0.25, 0.3) is 0 Å².